The Bertz CT molecular complexity index is 360. The van der Waals surface area contributed by atoms with Crippen LogP contribution in [0.4, 0.5) is 0 Å². The van der Waals surface area contributed by atoms with Crippen LogP contribution in [0.1, 0.15) is 12.8 Å². The molecule has 0 bridgehead atoms. The average Bonchev–Trinajstić information content (AvgIpc) is 3.45. The maximum atomic E-state index is 8.61. The van der Waals surface area contributed by atoms with E-state index in [-0.39, 0.29) is 25.3 Å². The van der Waals surface area contributed by atoms with Crippen LogP contribution in [0.25, 0.3) is 15.7 Å². The topological polar surface area (TPSA) is 150 Å². The number of alkyl halides is 2. The molecular formula is C14H21Cl2N5O3-2. The van der Waals surface area contributed by atoms with Gasteiger partial charge in [0.2, 0.25) is 6.54 Å². The number of hydrogen-bond acceptors (Lipinski definition) is 5. The molecular weight excluding hydrogens is 357 g/mol. The second-order valence-electron chi connectivity index (χ2n) is 3.64. The van der Waals surface area contributed by atoms with Crippen LogP contribution in [0.2, 0.25) is 0 Å². The van der Waals surface area contributed by atoms with E-state index in [4.69, 9.17) is 66.1 Å². The largest absolute Gasteiger partial charge is 0.817 e. The summed E-state index contributed by atoms with van der Waals surface area (Å²) in [6.07, 6.45) is -0.813. The second-order valence-corrected chi connectivity index (χ2v) is 4.25. The number of halogens is 2. The third kappa shape index (κ3) is 37.0. The minimum Gasteiger partial charge on any atom is -0.817 e. The summed E-state index contributed by atoms with van der Waals surface area (Å²) in [4.78, 5) is 2.90. The number of aliphatic hydroxyl groups excluding tert-OH is 2. The van der Waals surface area contributed by atoms with E-state index in [1.807, 2.05) is 0 Å². The summed E-state index contributed by atoms with van der Waals surface area (Å²) in [5, 5.41) is 46.5. The van der Waals surface area contributed by atoms with Crippen molar-refractivity contribution in [2.24, 2.45) is 0 Å². The molecule has 0 aromatic heterocycles. The van der Waals surface area contributed by atoms with Crippen LogP contribution in [-0.2, 0) is 4.74 Å². The van der Waals surface area contributed by atoms with Crippen molar-refractivity contribution in [1.29, 1.82) is 10.5 Å². The molecule has 1 rings (SSSR count). The lowest BCUT2D eigenvalue weighted by Gasteiger charge is -1.94. The third-order valence-electron chi connectivity index (χ3n) is 1.71. The monoisotopic (exact) mass is 377 g/mol. The van der Waals surface area contributed by atoms with Crippen molar-refractivity contribution >= 4 is 36.6 Å². The van der Waals surface area contributed by atoms with Gasteiger partial charge >= 0.3 is 0 Å². The van der Waals surface area contributed by atoms with Gasteiger partial charge in [-0.05, 0) is 0 Å². The van der Waals surface area contributed by atoms with Gasteiger partial charge in [-0.15, -0.1) is 23.2 Å². The third-order valence-corrected chi connectivity index (χ3v) is 2.41. The molecule has 1 fully saturated rings. The van der Waals surface area contributed by atoms with E-state index in [1.165, 1.54) is 0 Å². The molecule has 0 aromatic rings. The van der Waals surface area contributed by atoms with Gasteiger partial charge in [-0.25, -0.2) is 20.0 Å². The number of rotatable bonds is 5. The normalized spacial score (nSPS) is 15.0. The Labute approximate surface area is 153 Å². The van der Waals surface area contributed by atoms with Gasteiger partial charge in [0.1, 0.15) is 6.10 Å². The highest BCUT2D eigenvalue weighted by Crippen LogP contribution is 2.08. The van der Waals surface area contributed by atoms with Crippen molar-refractivity contribution in [1.82, 2.24) is 0 Å². The summed E-state index contributed by atoms with van der Waals surface area (Å²) < 4.78 is 4.73. The highest BCUT2D eigenvalue weighted by molar-refractivity contribution is 6.18. The molecule has 1 aliphatic heterocycles. The molecule has 1 aliphatic rings. The summed E-state index contributed by atoms with van der Waals surface area (Å²) in [7, 11) is 0. The van der Waals surface area contributed by atoms with E-state index >= 15 is 0 Å². The summed E-state index contributed by atoms with van der Waals surface area (Å²) in [6, 6.07) is 3.54. The Hall–Kier alpha value is -1.73. The van der Waals surface area contributed by atoms with Gasteiger partial charge in [-0.2, -0.15) is 10.5 Å². The Morgan fingerprint density at radius 3 is 1.75 bits per heavy atom. The first kappa shape index (κ1) is 30.2. The number of aliphatic hydroxyl groups is 2. The quantitative estimate of drug-likeness (QED) is 0.324. The van der Waals surface area contributed by atoms with Gasteiger partial charge in [0.15, 0.2) is 0 Å². The van der Waals surface area contributed by atoms with Crippen LogP contribution in [0.3, 0.4) is 0 Å². The van der Waals surface area contributed by atoms with Gasteiger partial charge < -0.3 is 30.6 Å². The molecule has 136 valence electrons. The lowest BCUT2D eigenvalue weighted by molar-refractivity contribution is 0.196. The van der Waals surface area contributed by atoms with Gasteiger partial charge in [0, 0.05) is 5.88 Å². The maximum absolute atomic E-state index is 8.61. The lowest BCUT2D eigenvalue weighted by Crippen LogP contribution is -2.07. The smallest absolute Gasteiger partial charge is 0.241 e. The molecule has 2 N–H and O–H groups in total. The van der Waals surface area contributed by atoms with E-state index < -0.39 is 12.2 Å². The van der Waals surface area contributed by atoms with E-state index in [1.54, 1.807) is 12.1 Å². The number of nitriles is 2. The molecule has 10 heteroatoms. The first-order chi connectivity index (χ1) is 11.5. The predicted molar refractivity (Wildman–Crippen MR) is 96.1 cm³/mol. The van der Waals surface area contributed by atoms with E-state index in [2.05, 4.69) is 18.3 Å². The van der Waals surface area contributed by atoms with E-state index in [9.17, 15) is 0 Å². The van der Waals surface area contributed by atoms with Crippen molar-refractivity contribution in [2.45, 2.75) is 31.2 Å². The summed E-state index contributed by atoms with van der Waals surface area (Å²) in [6.45, 7) is 11.7. The van der Waals surface area contributed by atoms with Crippen LogP contribution in [0, 0.1) is 29.2 Å². The number of epoxide rings is 1. The van der Waals surface area contributed by atoms with E-state index in [0.29, 0.717) is 12.0 Å². The van der Waals surface area contributed by atoms with Crippen LogP contribution in [-0.4, -0.2) is 66.9 Å². The predicted octanol–water partition coefficient (Wildman–Crippen LogP) is 1.82. The Morgan fingerprint density at radius 1 is 1.17 bits per heavy atom. The van der Waals surface area contributed by atoms with Gasteiger partial charge in [0.25, 0.3) is 0 Å². The molecule has 3 atom stereocenters. The molecule has 24 heavy (non-hydrogen) atoms. The molecule has 0 amide bonds. The molecule has 0 spiro atoms. The van der Waals surface area contributed by atoms with Crippen molar-refractivity contribution in [3.8, 4) is 12.1 Å². The van der Waals surface area contributed by atoms with Crippen LogP contribution >= 0.6 is 23.2 Å². The minimum absolute atomic E-state index is 0.0353. The summed E-state index contributed by atoms with van der Waals surface area (Å²) in [5.41, 5.74) is 0. The zero-order valence-electron chi connectivity index (χ0n) is 13.2. The highest BCUT2D eigenvalue weighted by atomic mass is 35.5. The van der Waals surface area contributed by atoms with Crippen molar-refractivity contribution < 1.29 is 14.9 Å². The lowest BCUT2D eigenvalue weighted by atomic mass is 10.3. The van der Waals surface area contributed by atoms with Crippen LogP contribution in [0.5, 0.6) is 0 Å². The summed E-state index contributed by atoms with van der Waals surface area (Å²) >= 11 is 10.4. The number of ether oxygens (including phenoxy) is 1. The molecule has 0 radical (unpaired) electrons. The fourth-order valence-corrected chi connectivity index (χ4v) is 0.880. The van der Waals surface area contributed by atoms with Gasteiger partial charge in [0.05, 0.1) is 49.7 Å². The van der Waals surface area contributed by atoms with Crippen LogP contribution in [0.15, 0.2) is 0 Å². The Morgan fingerprint density at radius 2 is 1.58 bits per heavy atom. The van der Waals surface area contributed by atoms with Crippen molar-refractivity contribution in [3.63, 3.8) is 0 Å². The fourth-order valence-electron chi connectivity index (χ4n) is 0.592. The molecule has 3 unspecified atom stereocenters. The minimum atomic E-state index is -0.752. The highest BCUT2D eigenvalue weighted by Gasteiger charge is 2.19. The zero-order chi connectivity index (χ0) is 19.8. The van der Waals surface area contributed by atoms with Gasteiger partial charge in [-0.3, -0.25) is 0 Å². The molecule has 1 saturated heterocycles. The summed E-state index contributed by atoms with van der Waals surface area (Å²) in [5.74, 6) is 0.813. The molecule has 0 aliphatic carbocycles. The molecule has 8 nitrogen and oxygen atoms in total. The van der Waals surface area contributed by atoms with Gasteiger partial charge in [-0.1, -0.05) is 0 Å². The SMILES string of the molecule is C=[N-].C=[N-].ClCC1CO1.N#CCC(O)CCl.[C-]#[N+]CC(O)CC#N. The fraction of sp³-hybridized carbons (Fsp3) is 0.643. The number of nitrogens with zero attached hydrogens (tertiary/aromatic N) is 5. The Balaban J connectivity index is -0.000000114. The van der Waals surface area contributed by atoms with E-state index in [0.717, 1.165) is 6.61 Å². The second kappa shape index (κ2) is 29.3. The first-order valence-corrected chi connectivity index (χ1v) is 7.42. The molecule has 0 aromatic carbocycles. The molecule has 0 saturated carbocycles. The first-order valence-electron chi connectivity index (χ1n) is 6.35. The van der Waals surface area contributed by atoms with Crippen molar-refractivity contribution in [3.05, 3.63) is 22.2 Å². The molecule has 1 heterocycles. The van der Waals surface area contributed by atoms with Crippen molar-refractivity contribution in [2.75, 3.05) is 24.9 Å². The van der Waals surface area contributed by atoms with Crippen LogP contribution < -0.4 is 0 Å². The zero-order valence-corrected chi connectivity index (χ0v) is 14.7. The Kier molecular flexibility index (Phi) is 36.9. The number of hydrogen-bond donors (Lipinski definition) is 2. The standard InChI is InChI=1S/C5H6N2O.C4H6ClNO.C3H5ClO.2CH2N/c1-7-4-5(8)2-3-6;5-3-4(7)1-2-6;4-1-3-2-5-3;2*1-2/h5,8H,2,4H2;4,7H,1,3H2;3H,1-2H2;2*1H2/q;;;2*-1. The average molecular weight is 378 g/mol. The maximum Gasteiger partial charge on any atom is 0.241 e.